The molecular formula is C18H21N5O2. The van der Waals surface area contributed by atoms with Gasteiger partial charge in [0.2, 0.25) is 0 Å². The Labute approximate surface area is 146 Å². The van der Waals surface area contributed by atoms with E-state index in [-0.39, 0.29) is 6.04 Å². The predicted molar refractivity (Wildman–Crippen MR) is 90.9 cm³/mol. The van der Waals surface area contributed by atoms with Crippen molar-refractivity contribution in [2.45, 2.75) is 39.0 Å². The predicted octanol–water partition coefficient (Wildman–Crippen LogP) is 2.43. The van der Waals surface area contributed by atoms with Crippen molar-refractivity contribution in [1.29, 1.82) is 0 Å². The number of furan rings is 1. The summed E-state index contributed by atoms with van der Waals surface area (Å²) in [4.78, 5) is 10.7. The topological polar surface area (TPSA) is 69.2 Å². The zero-order valence-corrected chi connectivity index (χ0v) is 14.2. The van der Waals surface area contributed by atoms with Crippen molar-refractivity contribution in [2.24, 2.45) is 0 Å². The molecular weight excluding hydrogens is 318 g/mol. The minimum Gasteiger partial charge on any atom is -0.465 e. The number of nitrogens with zero attached hydrogens (tertiary/aromatic N) is 5. The quantitative estimate of drug-likeness (QED) is 0.711. The Morgan fingerprint density at radius 3 is 2.88 bits per heavy atom. The first-order chi connectivity index (χ1) is 12.3. The van der Waals surface area contributed by atoms with Gasteiger partial charge in [0, 0.05) is 37.7 Å². The summed E-state index contributed by atoms with van der Waals surface area (Å²) < 4.78 is 13.7. The van der Waals surface area contributed by atoms with Gasteiger partial charge in [-0.15, -0.1) is 0 Å². The molecule has 0 bridgehead atoms. The molecule has 0 amide bonds. The van der Waals surface area contributed by atoms with Crippen LogP contribution in [0.15, 0.2) is 47.3 Å². The summed E-state index contributed by atoms with van der Waals surface area (Å²) in [5.74, 6) is 1.90. The lowest BCUT2D eigenvalue weighted by atomic mass is 10.2. The average Bonchev–Trinajstić information content (AvgIpc) is 3.21. The second kappa shape index (κ2) is 7.06. The molecule has 0 fully saturated rings. The van der Waals surface area contributed by atoms with Crippen LogP contribution in [0.1, 0.15) is 23.6 Å². The van der Waals surface area contributed by atoms with Gasteiger partial charge in [0.15, 0.2) is 0 Å². The van der Waals surface area contributed by atoms with E-state index in [2.05, 4.69) is 30.7 Å². The van der Waals surface area contributed by atoms with Crippen molar-refractivity contribution < 1.29 is 9.15 Å². The fourth-order valence-corrected chi connectivity index (χ4v) is 3.16. The van der Waals surface area contributed by atoms with E-state index in [0.717, 1.165) is 37.6 Å². The highest BCUT2D eigenvalue weighted by Gasteiger charge is 2.26. The summed E-state index contributed by atoms with van der Waals surface area (Å²) in [5, 5.41) is 4.42. The Bertz CT molecular complexity index is 814. The van der Waals surface area contributed by atoms with E-state index >= 15 is 0 Å². The summed E-state index contributed by atoms with van der Waals surface area (Å²) in [6.07, 6.45) is 6.18. The van der Waals surface area contributed by atoms with E-state index < -0.39 is 0 Å². The van der Waals surface area contributed by atoms with Crippen LogP contribution in [0.2, 0.25) is 0 Å². The van der Waals surface area contributed by atoms with E-state index in [9.17, 15) is 0 Å². The summed E-state index contributed by atoms with van der Waals surface area (Å²) in [6.45, 7) is 4.93. The molecule has 4 rings (SSSR count). The highest BCUT2D eigenvalue weighted by molar-refractivity contribution is 5.08. The Morgan fingerprint density at radius 1 is 1.20 bits per heavy atom. The number of hydrogen-bond acceptors (Lipinski definition) is 6. The van der Waals surface area contributed by atoms with Gasteiger partial charge in [-0.3, -0.25) is 9.58 Å². The van der Waals surface area contributed by atoms with E-state index in [0.29, 0.717) is 12.6 Å². The van der Waals surface area contributed by atoms with Crippen LogP contribution >= 0.6 is 0 Å². The van der Waals surface area contributed by atoms with Crippen LogP contribution in [0.25, 0.3) is 0 Å². The molecule has 0 radical (unpaired) electrons. The maximum Gasteiger partial charge on any atom is 0.316 e. The first kappa shape index (κ1) is 15.8. The van der Waals surface area contributed by atoms with E-state index in [1.165, 1.54) is 5.69 Å². The number of fused-ring (bicyclic) bond motifs is 1. The minimum atomic E-state index is 0.232. The molecule has 1 atom stereocenters. The highest BCUT2D eigenvalue weighted by Crippen LogP contribution is 2.21. The van der Waals surface area contributed by atoms with E-state index in [4.69, 9.17) is 9.15 Å². The molecule has 0 saturated heterocycles. The van der Waals surface area contributed by atoms with Crippen molar-refractivity contribution >= 4 is 0 Å². The van der Waals surface area contributed by atoms with Crippen LogP contribution in [-0.2, 0) is 19.6 Å². The smallest absolute Gasteiger partial charge is 0.316 e. The monoisotopic (exact) mass is 339 g/mol. The largest absolute Gasteiger partial charge is 0.465 e. The Kier molecular flexibility index (Phi) is 4.47. The molecule has 3 aromatic rings. The maximum atomic E-state index is 5.83. The molecule has 1 aliphatic heterocycles. The zero-order valence-electron chi connectivity index (χ0n) is 14.2. The zero-order chi connectivity index (χ0) is 17.1. The molecule has 1 aliphatic rings. The van der Waals surface area contributed by atoms with Crippen LogP contribution < -0.4 is 4.74 Å². The molecule has 0 aliphatic carbocycles. The third-order valence-corrected chi connectivity index (χ3v) is 4.46. The standard InChI is InChI=1S/C18H21N5O2/c1-14-3-4-17(25-14)12-22-11-15-5-9-21-23(15)10-6-16(22)13-24-18-19-7-2-8-20-18/h2-5,7-9,16H,6,10-13H2,1H3/t16-/m1/s1. The lowest BCUT2D eigenvalue weighted by molar-refractivity contribution is 0.106. The fraction of sp³-hybridized carbons (Fsp3) is 0.389. The second-order valence-corrected chi connectivity index (χ2v) is 6.25. The van der Waals surface area contributed by atoms with Gasteiger partial charge in [-0.05, 0) is 37.6 Å². The number of aromatic nitrogens is 4. The molecule has 3 aromatic heterocycles. The number of hydrogen-bond donors (Lipinski definition) is 0. The van der Waals surface area contributed by atoms with Crippen LogP contribution in [0, 0.1) is 6.92 Å². The SMILES string of the molecule is Cc1ccc(CN2Cc3ccnn3CC[C@@H]2COc2ncccn2)o1. The molecule has 0 saturated carbocycles. The molecule has 0 unspecified atom stereocenters. The third-order valence-electron chi connectivity index (χ3n) is 4.46. The van der Waals surface area contributed by atoms with Crippen molar-refractivity contribution in [2.75, 3.05) is 6.61 Å². The highest BCUT2D eigenvalue weighted by atomic mass is 16.5. The lowest BCUT2D eigenvalue weighted by Gasteiger charge is -2.28. The third kappa shape index (κ3) is 3.71. The van der Waals surface area contributed by atoms with Crippen LogP contribution in [0.3, 0.4) is 0 Å². The first-order valence-electron chi connectivity index (χ1n) is 8.48. The average molecular weight is 339 g/mol. The molecule has 25 heavy (non-hydrogen) atoms. The van der Waals surface area contributed by atoms with Crippen molar-refractivity contribution in [3.63, 3.8) is 0 Å². The Hall–Kier alpha value is -2.67. The van der Waals surface area contributed by atoms with E-state index in [1.807, 2.05) is 25.3 Å². The molecule has 0 aromatic carbocycles. The van der Waals surface area contributed by atoms with Crippen molar-refractivity contribution in [3.8, 4) is 6.01 Å². The van der Waals surface area contributed by atoms with Crippen molar-refractivity contribution in [1.82, 2.24) is 24.6 Å². The van der Waals surface area contributed by atoms with Crippen LogP contribution in [0.5, 0.6) is 6.01 Å². The molecule has 4 heterocycles. The number of rotatable bonds is 5. The minimum absolute atomic E-state index is 0.232. The molecule has 130 valence electrons. The lowest BCUT2D eigenvalue weighted by Crippen LogP contribution is -2.38. The van der Waals surface area contributed by atoms with Gasteiger partial charge >= 0.3 is 6.01 Å². The fourth-order valence-electron chi connectivity index (χ4n) is 3.16. The van der Waals surface area contributed by atoms with Crippen LogP contribution in [0.4, 0.5) is 0 Å². The van der Waals surface area contributed by atoms with Gasteiger partial charge in [0.25, 0.3) is 0 Å². The van der Waals surface area contributed by atoms with Crippen LogP contribution in [-0.4, -0.2) is 37.3 Å². The van der Waals surface area contributed by atoms with Gasteiger partial charge in [-0.1, -0.05) is 0 Å². The molecule has 0 spiro atoms. The van der Waals surface area contributed by atoms with Gasteiger partial charge < -0.3 is 9.15 Å². The normalized spacial score (nSPS) is 17.9. The maximum absolute atomic E-state index is 5.83. The number of aryl methyl sites for hydroxylation is 2. The van der Waals surface area contributed by atoms with Gasteiger partial charge in [-0.2, -0.15) is 5.10 Å². The molecule has 7 nitrogen and oxygen atoms in total. The summed E-state index contributed by atoms with van der Waals surface area (Å²) in [7, 11) is 0. The Balaban J connectivity index is 1.50. The number of ether oxygens (including phenoxy) is 1. The first-order valence-corrected chi connectivity index (χ1v) is 8.48. The van der Waals surface area contributed by atoms with E-state index in [1.54, 1.807) is 18.5 Å². The van der Waals surface area contributed by atoms with Crippen molar-refractivity contribution in [3.05, 3.63) is 60.1 Å². The van der Waals surface area contributed by atoms with Gasteiger partial charge in [0.1, 0.15) is 18.1 Å². The van der Waals surface area contributed by atoms with Gasteiger partial charge in [0.05, 0.1) is 12.2 Å². The summed E-state index contributed by atoms with van der Waals surface area (Å²) in [6, 6.07) is 8.54. The summed E-state index contributed by atoms with van der Waals surface area (Å²) in [5.41, 5.74) is 1.21. The van der Waals surface area contributed by atoms with Gasteiger partial charge in [-0.25, -0.2) is 9.97 Å². The summed E-state index contributed by atoms with van der Waals surface area (Å²) >= 11 is 0. The molecule has 0 N–H and O–H groups in total. The second-order valence-electron chi connectivity index (χ2n) is 6.25. The Morgan fingerprint density at radius 2 is 2.08 bits per heavy atom. The molecule has 7 heteroatoms.